The zero-order valence-corrected chi connectivity index (χ0v) is 16.5. The van der Waals surface area contributed by atoms with Gasteiger partial charge in [-0.05, 0) is 22.3 Å². The van der Waals surface area contributed by atoms with E-state index in [-0.39, 0.29) is 22.3 Å². The van der Waals surface area contributed by atoms with E-state index in [0.29, 0.717) is 22.3 Å². The summed E-state index contributed by atoms with van der Waals surface area (Å²) in [5.41, 5.74) is 2.73. The van der Waals surface area contributed by atoms with Gasteiger partial charge in [0.05, 0.1) is 22.3 Å². The maximum atomic E-state index is 12.4. The molecule has 154 valence electrons. The smallest absolute Gasteiger partial charge is 0.347 e. The summed E-state index contributed by atoms with van der Waals surface area (Å²) in [5, 5.41) is 0. The van der Waals surface area contributed by atoms with Gasteiger partial charge >= 0.3 is 23.9 Å². The summed E-state index contributed by atoms with van der Waals surface area (Å²) in [6.07, 6.45) is 0. The minimum Gasteiger partial charge on any atom is -0.386 e. The Bertz CT molecular complexity index is 1240. The monoisotopic (exact) mass is 422 g/mol. The van der Waals surface area contributed by atoms with Gasteiger partial charge in [-0.25, -0.2) is 19.2 Å². The van der Waals surface area contributed by atoms with E-state index < -0.39 is 23.9 Å². The molecule has 0 radical (unpaired) electrons. The van der Waals surface area contributed by atoms with E-state index in [9.17, 15) is 19.2 Å². The summed E-state index contributed by atoms with van der Waals surface area (Å²) in [6, 6.07) is 24.0. The predicted octanol–water partition coefficient (Wildman–Crippen LogP) is 3.68. The van der Waals surface area contributed by atoms with Crippen LogP contribution in [0.1, 0.15) is 22.3 Å². The van der Waals surface area contributed by atoms with E-state index >= 15 is 0 Å². The van der Waals surface area contributed by atoms with Gasteiger partial charge in [-0.3, -0.25) is 0 Å². The third kappa shape index (κ3) is 3.15. The lowest BCUT2D eigenvalue weighted by molar-refractivity contribution is -0.151. The highest BCUT2D eigenvalue weighted by Gasteiger charge is 2.36. The van der Waals surface area contributed by atoms with Crippen LogP contribution in [0.2, 0.25) is 0 Å². The van der Waals surface area contributed by atoms with E-state index in [1.807, 2.05) is 0 Å². The van der Waals surface area contributed by atoms with E-state index in [0.717, 1.165) is 0 Å². The number of rotatable bonds is 4. The van der Waals surface area contributed by atoms with Crippen molar-refractivity contribution in [3.05, 3.63) is 107 Å². The quantitative estimate of drug-likeness (QED) is 0.471. The van der Waals surface area contributed by atoms with Gasteiger partial charge in [0.15, 0.2) is 0 Å². The van der Waals surface area contributed by atoms with Gasteiger partial charge in [0.25, 0.3) is 0 Å². The van der Waals surface area contributed by atoms with Crippen LogP contribution >= 0.6 is 0 Å². The maximum absolute atomic E-state index is 12.4. The van der Waals surface area contributed by atoms with Gasteiger partial charge < -0.3 is 9.47 Å². The number of carbonyl (C=O) groups excluding carboxylic acids is 4. The second kappa shape index (κ2) is 7.59. The number of carbonyl (C=O) groups is 4. The fourth-order valence-corrected chi connectivity index (χ4v) is 3.84. The summed E-state index contributed by atoms with van der Waals surface area (Å²) in [6.45, 7) is 0. The summed E-state index contributed by atoms with van der Waals surface area (Å²) < 4.78 is 9.70. The molecule has 0 bridgehead atoms. The maximum Gasteiger partial charge on any atom is 0.347 e. The van der Waals surface area contributed by atoms with E-state index in [2.05, 4.69) is 0 Å². The fraction of sp³-hybridized carbons (Fsp3) is 0. The number of hydrogen-bond donors (Lipinski definition) is 0. The molecule has 32 heavy (non-hydrogen) atoms. The average molecular weight is 422 g/mol. The van der Waals surface area contributed by atoms with Crippen molar-refractivity contribution in [2.75, 3.05) is 0 Å². The Labute approximate surface area is 182 Å². The van der Waals surface area contributed by atoms with E-state index in [4.69, 9.17) is 9.47 Å². The molecule has 0 spiro atoms. The van der Waals surface area contributed by atoms with Crippen LogP contribution in [-0.2, 0) is 28.7 Å². The van der Waals surface area contributed by atoms with Crippen LogP contribution in [0.3, 0.4) is 0 Å². The Hall–Kier alpha value is -4.58. The molecule has 3 aromatic carbocycles. The van der Waals surface area contributed by atoms with Gasteiger partial charge in [-0.15, -0.1) is 0 Å². The highest BCUT2D eigenvalue weighted by atomic mass is 16.6. The lowest BCUT2D eigenvalue weighted by Crippen LogP contribution is -2.02. The van der Waals surface area contributed by atoms with Crippen LogP contribution < -0.4 is 0 Å². The molecule has 0 saturated heterocycles. The molecule has 0 aliphatic carbocycles. The lowest BCUT2D eigenvalue weighted by atomic mass is 9.92. The standard InChI is InChI=1S/C26H14O6/c27-23-19(15-7-3-1-4-8-15)21(25(29)31-23)17-11-13-18(14-12-17)22-20(24(28)32-26(22)30)16-9-5-2-6-10-16/h1-14H. The largest absolute Gasteiger partial charge is 0.386 e. The number of benzene rings is 3. The fourth-order valence-electron chi connectivity index (χ4n) is 3.84. The van der Waals surface area contributed by atoms with E-state index in [1.165, 1.54) is 0 Å². The molecule has 0 aromatic heterocycles. The van der Waals surface area contributed by atoms with Crippen LogP contribution in [0.5, 0.6) is 0 Å². The lowest BCUT2D eigenvalue weighted by Gasteiger charge is -2.06. The summed E-state index contributed by atoms with van der Waals surface area (Å²) >= 11 is 0. The SMILES string of the molecule is O=C1OC(=O)C(c2ccc(C3=C(c4ccccc4)C(=O)OC3=O)cc2)=C1c1ccccc1. The van der Waals surface area contributed by atoms with Crippen LogP contribution in [-0.4, -0.2) is 23.9 Å². The predicted molar refractivity (Wildman–Crippen MR) is 115 cm³/mol. The van der Waals surface area contributed by atoms with Crippen molar-refractivity contribution in [2.45, 2.75) is 0 Å². The van der Waals surface area contributed by atoms with Gasteiger partial charge in [-0.2, -0.15) is 0 Å². The molecular formula is C26H14O6. The molecule has 2 aliphatic heterocycles. The molecule has 0 amide bonds. The molecule has 0 N–H and O–H groups in total. The first kappa shape index (κ1) is 19.4. The Morgan fingerprint density at radius 3 is 0.875 bits per heavy atom. The molecule has 0 unspecified atom stereocenters. The molecule has 6 nitrogen and oxygen atoms in total. The van der Waals surface area contributed by atoms with Crippen molar-refractivity contribution < 1.29 is 28.7 Å². The Balaban J connectivity index is 1.61. The van der Waals surface area contributed by atoms with Crippen molar-refractivity contribution >= 4 is 46.2 Å². The molecule has 0 saturated carbocycles. The van der Waals surface area contributed by atoms with Gasteiger partial charge in [-0.1, -0.05) is 84.9 Å². The molecule has 2 heterocycles. The molecule has 0 fully saturated rings. The highest BCUT2D eigenvalue weighted by Crippen LogP contribution is 2.37. The van der Waals surface area contributed by atoms with Crippen LogP contribution in [0.15, 0.2) is 84.9 Å². The zero-order valence-electron chi connectivity index (χ0n) is 16.5. The topological polar surface area (TPSA) is 86.7 Å². The van der Waals surface area contributed by atoms with Gasteiger partial charge in [0.1, 0.15) is 0 Å². The molecule has 5 rings (SSSR count). The Morgan fingerprint density at radius 1 is 0.344 bits per heavy atom. The number of ether oxygens (including phenoxy) is 2. The van der Waals surface area contributed by atoms with Crippen molar-refractivity contribution in [1.82, 2.24) is 0 Å². The van der Waals surface area contributed by atoms with Crippen molar-refractivity contribution in [1.29, 1.82) is 0 Å². The minimum absolute atomic E-state index is 0.148. The summed E-state index contributed by atoms with van der Waals surface area (Å²) in [5.74, 6) is -2.89. The summed E-state index contributed by atoms with van der Waals surface area (Å²) in [4.78, 5) is 49.5. The number of cyclic esters (lactones) is 4. The number of esters is 4. The molecule has 6 heteroatoms. The molecule has 3 aromatic rings. The number of hydrogen-bond acceptors (Lipinski definition) is 6. The third-order valence-electron chi connectivity index (χ3n) is 5.27. The Morgan fingerprint density at radius 2 is 0.594 bits per heavy atom. The second-order valence-electron chi connectivity index (χ2n) is 7.16. The molecular weight excluding hydrogens is 408 g/mol. The van der Waals surface area contributed by atoms with Crippen molar-refractivity contribution in [3.8, 4) is 0 Å². The first-order chi connectivity index (χ1) is 15.5. The van der Waals surface area contributed by atoms with Crippen LogP contribution in [0.4, 0.5) is 0 Å². The summed E-state index contributed by atoms with van der Waals surface area (Å²) in [7, 11) is 0. The van der Waals surface area contributed by atoms with E-state index in [1.54, 1.807) is 84.9 Å². The van der Waals surface area contributed by atoms with Gasteiger partial charge in [0.2, 0.25) is 0 Å². The normalized spacial score (nSPS) is 16.0. The molecule has 0 atom stereocenters. The Kier molecular flexibility index (Phi) is 4.60. The zero-order chi connectivity index (χ0) is 22.2. The minimum atomic E-state index is -0.735. The van der Waals surface area contributed by atoms with Crippen molar-refractivity contribution in [2.24, 2.45) is 0 Å². The van der Waals surface area contributed by atoms with Crippen molar-refractivity contribution in [3.63, 3.8) is 0 Å². The average Bonchev–Trinajstić information content (AvgIpc) is 3.28. The van der Waals surface area contributed by atoms with Crippen LogP contribution in [0, 0.1) is 0 Å². The highest BCUT2D eigenvalue weighted by molar-refractivity contribution is 6.46. The third-order valence-corrected chi connectivity index (χ3v) is 5.27. The van der Waals surface area contributed by atoms with Crippen LogP contribution in [0.25, 0.3) is 22.3 Å². The van der Waals surface area contributed by atoms with Gasteiger partial charge in [0, 0.05) is 0 Å². The molecule has 2 aliphatic rings. The first-order valence-corrected chi connectivity index (χ1v) is 9.78. The second-order valence-corrected chi connectivity index (χ2v) is 7.16. The first-order valence-electron chi connectivity index (χ1n) is 9.78.